The van der Waals surface area contributed by atoms with Gasteiger partial charge in [-0.1, -0.05) is 175 Å². The first-order valence-corrected chi connectivity index (χ1v) is 51.5. The predicted molar refractivity (Wildman–Crippen MR) is 590 cm³/mol. The Bertz CT molecular complexity index is 3810. The van der Waals surface area contributed by atoms with Gasteiger partial charge in [-0.15, -0.1) is 0 Å². The fraction of sp³-hybridized carbons (Fsp3) is 0.578. The summed E-state index contributed by atoms with van der Waals surface area (Å²) in [6, 6.07) is 64.1. The van der Waals surface area contributed by atoms with E-state index in [1.807, 2.05) is 127 Å². The van der Waals surface area contributed by atoms with Gasteiger partial charge in [0.25, 0.3) is 0 Å². The number of likely N-dealkylation sites (N-methyl/N-ethyl adjacent to an activating group) is 7. The molecule has 7 rings (SSSR count). The molecule has 4 N–H and O–H groups in total. The zero-order valence-corrected chi connectivity index (χ0v) is 95.5. The molecule has 0 bridgehead atoms. The van der Waals surface area contributed by atoms with Gasteiger partial charge in [0.1, 0.15) is 92.1 Å². The van der Waals surface area contributed by atoms with E-state index in [1.165, 1.54) is 58.0 Å². The third-order valence-corrected chi connectivity index (χ3v) is 23.6. The lowest BCUT2D eigenvalue weighted by molar-refractivity contribution is -0.926. The number of hydrogen-bond donors (Lipinski definition) is 4. The number of benzene rings is 7. The Morgan fingerprint density at radius 2 is 0.312 bits per heavy atom. The van der Waals surface area contributed by atoms with Crippen molar-refractivity contribution < 1.29 is 133 Å². The molecule has 822 valence electrons. The molecule has 0 saturated carbocycles. The van der Waals surface area contributed by atoms with Gasteiger partial charge in [0.05, 0.1) is 179 Å². The van der Waals surface area contributed by atoms with Crippen LogP contribution in [0.15, 0.2) is 212 Å². The van der Waals surface area contributed by atoms with Crippen LogP contribution in [0.25, 0.3) is 0 Å². The highest BCUT2D eigenvalue weighted by Crippen LogP contribution is 2.17. The molecule has 0 fully saturated rings. The Morgan fingerprint density at radius 3 is 0.431 bits per heavy atom. The Morgan fingerprint density at radius 1 is 0.188 bits per heavy atom. The van der Waals surface area contributed by atoms with Gasteiger partial charge in [-0.3, -0.25) is 0 Å². The highest BCUT2D eigenvalue weighted by Gasteiger charge is 2.29. The number of esters is 7. The molecular weight excluding hydrogens is 1830 g/mol. The molecule has 0 aromatic heterocycles. The van der Waals surface area contributed by atoms with Crippen LogP contribution >= 0.6 is 0 Å². The molecule has 0 heterocycles. The lowest BCUT2D eigenvalue weighted by Crippen LogP contribution is -2.51. The minimum Gasteiger partial charge on any atom is -0.456 e. The van der Waals surface area contributed by atoms with Crippen molar-refractivity contribution in [1.82, 2.24) is 0 Å². The van der Waals surface area contributed by atoms with Crippen molar-refractivity contribution in [3.05, 3.63) is 251 Å². The summed E-state index contributed by atoms with van der Waals surface area (Å²) >= 11 is 0. The van der Waals surface area contributed by atoms with Gasteiger partial charge >= 0.3 is 41.8 Å². The molecule has 1 unspecified atom stereocenters. The van der Waals surface area contributed by atoms with Crippen LogP contribution in [0, 0.1) is 0 Å². The lowest BCUT2D eigenvalue weighted by Gasteiger charge is -2.37. The van der Waals surface area contributed by atoms with Crippen molar-refractivity contribution in [3.63, 3.8) is 0 Å². The van der Waals surface area contributed by atoms with Crippen LogP contribution in [-0.4, -0.2) is 397 Å². The summed E-state index contributed by atoms with van der Waals surface area (Å²) in [6.45, 7) is 59.5. The largest absolute Gasteiger partial charge is 0.456 e. The van der Waals surface area contributed by atoms with Crippen molar-refractivity contribution in [1.29, 1.82) is 0 Å². The first kappa shape index (κ1) is 147. The quantitative estimate of drug-likeness (QED) is 0.0156. The van der Waals surface area contributed by atoms with Gasteiger partial charge in [-0.05, 0) is 186 Å². The van der Waals surface area contributed by atoms with Crippen LogP contribution in [0.3, 0.4) is 0 Å². The van der Waals surface area contributed by atoms with Crippen LogP contribution in [0.5, 0.6) is 0 Å². The molecule has 28 heteroatoms. The summed E-state index contributed by atoms with van der Waals surface area (Å²) in [5.41, 5.74) is 4.37. The molecule has 7 aromatic carbocycles. The first-order chi connectivity index (χ1) is 69.1. The molecule has 0 spiro atoms. The van der Waals surface area contributed by atoms with Crippen LogP contribution in [-0.2, 0) is 47.4 Å². The number of rotatable bonds is 50. The number of carbonyl (C=O) groups is 7. The maximum Gasteiger partial charge on any atom is 0.338 e. The molecule has 7 aromatic rings. The van der Waals surface area contributed by atoms with Crippen molar-refractivity contribution >= 4 is 41.8 Å². The smallest absolute Gasteiger partial charge is 0.338 e. The number of aliphatic hydroxyl groups excluding tert-OH is 4. The number of aliphatic hydroxyl groups is 4. The summed E-state index contributed by atoms with van der Waals surface area (Å²) in [7, 11) is 26.1. The Balaban J connectivity index is -0.000000297. The normalized spacial score (nSPS) is 10.8. The van der Waals surface area contributed by atoms with E-state index in [0.717, 1.165) is 191 Å². The average Bonchev–Trinajstić information content (AvgIpc) is 0.836. The van der Waals surface area contributed by atoms with Crippen LogP contribution in [0.1, 0.15) is 221 Å². The van der Waals surface area contributed by atoms with Crippen LogP contribution in [0.2, 0.25) is 0 Å². The number of hydrogen-bond acceptors (Lipinski definition) is 21. The summed E-state index contributed by atoms with van der Waals surface area (Å²) in [6.07, 6.45) is 8.29. The molecule has 0 radical (unpaired) electrons. The van der Waals surface area contributed by atoms with E-state index in [4.69, 9.17) is 53.6 Å². The predicted octanol–water partition coefficient (Wildman–Crippen LogP) is 18.7. The number of unbranched alkanes of at least 4 members (excludes halogenated alkanes) is 1. The molecule has 0 aliphatic carbocycles. The van der Waals surface area contributed by atoms with Crippen LogP contribution in [0.4, 0.5) is 0 Å². The van der Waals surface area contributed by atoms with E-state index in [0.29, 0.717) is 85.2 Å². The number of methoxy groups -OCH3 is 3. The fourth-order valence-corrected chi connectivity index (χ4v) is 14.7. The average molecular weight is 2030 g/mol. The summed E-state index contributed by atoms with van der Waals surface area (Å²) in [5, 5.41) is 28.0. The maximum absolute atomic E-state index is 12.0. The van der Waals surface area contributed by atoms with Crippen LogP contribution < -0.4 is 0 Å². The Labute approximate surface area is 873 Å². The molecule has 1 atom stereocenters. The SMILES string of the molecule is CCCC[N+](CC)(CCC)CCOC(=O)c1ccccc1.CCC[N+](CC)(CCC)CCOC(=O)c1ccccc1.CCC[N+](CC)(CCC)CCOC(=O)c1ccccc1.CC[N+](CC)(CC)CCOC(=O)c1ccccc1.CC[N+](CC)(CC)CCOC(=O)c1ccccc1.CO.CO.CO.CO.COC.COC.COC.C[N+](C)(C)CCOC(=O)c1ccccc1.C[N+](C)(C)CCOC(=O)c1ccccc1. The van der Waals surface area contributed by atoms with E-state index in [-0.39, 0.29) is 41.8 Å². The Hall–Kier alpha value is -9.73. The summed E-state index contributed by atoms with van der Waals surface area (Å²) in [4.78, 5) is 82.3. The highest BCUT2D eigenvalue weighted by atomic mass is 16.6. The molecule has 28 nitrogen and oxygen atoms in total. The summed E-state index contributed by atoms with van der Waals surface area (Å²) < 4.78 is 56.8. The van der Waals surface area contributed by atoms with Gasteiger partial charge in [-0.25, -0.2) is 33.6 Å². The zero-order valence-electron chi connectivity index (χ0n) is 95.5. The highest BCUT2D eigenvalue weighted by molar-refractivity contribution is 5.92. The van der Waals surface area contributed by atoms with Crippen molar-refractivity contribution in [2.24, 2.45) is 0 Å². The second kappa shape index (κ2) is 96.7. The Kier molecular flexibility index (Phi) is 98.9. The van der Waals surface area contributed by atoms with Crippen molar-refractivity contribution in [2.75, 3.05) is 304 Å². The third kappa shape index (κ3) is 74.2. The number of nitrogens with zero attached hydrogens (tertiary/aromatic N) is 7. The molecule has 144 heavy (non-hydrogen) atoms. The van der Waals surface area contributed by atoms with Crippen molar-refractivity contribution in [2.45, 2.75) is 149 Å². The molecule has 0 amide bonds. The number of carbonyl (C=O) groups excluding carboxylic acids is 7. The first-order valence-electron chi connectivity index (χ1n) is 51.5. The maximum atomic E-state index is 12.0. The van der Waals surface area contributed by atoms with Crippen molar-refractivity contribution in [3.8, 4) is 0 Å². The van der Waals surface area contributed by atoms with E-state index in [9.17, 15) is 33.6 Å². The van der Waals surface area contributed by atoms with Gasteiger partial charge in [0.15, 0.2) is 0 Å². The van der Waals surface area contributed by atoms with E-state index >= 15 is 0 Å². The number of quaternary nitrogens is 7. The number of ether oxygens (including phenoxy) is 10. The van der Waals surface area contributed by atoms with Gasteiger partial charge < -0.3 is 99.2 Å². The van der Waals surface area contributed by atoms with Gasteiger partial charge in [-0.2, -0.15) is 0 Å². The minimum absolute atomic E-state index is 0.211. The van der Waals surface area contributed by atoms with E-state index in [2.05, 4.69) is 160 Å². The molecular formula is C116H204N7O21+7. The third-order valence-electron chi connectivity index (χ3n) is 23.6. The second-order valence-electron chi connectivity index (χ2n) is 35.6. The van der Waals surface area contributed by atoms with Gasteiger partial charge in [0, 0.05) is 71.1 Å². The molecule has 0 saturated heterocycles. The standard InChI is InChI=1S/C18H30NO2.2C17H28NO2.2C15H24NO2.2C12H18NO2.3C2H6O.4CH4O/c1-4-7-14-19(6-3,13-5-2)15-16-21-18(20)17-11-9-8-10-12-17;2*1-4-12-18(6-3,13-5-2)14-15-20-17(19)16-10-8-7-9-11-16;2*1-4-16(5-2,6-3)12-13-18-15(17)14-10-8-7-9-11-14;2*1-13(2,3)9-10-15-12(14)11-7-5-4-6-8-11;3*1-3-2;4*1-2/h8-12H,4-7,13-16H2,1-3H3;2*7-11H,4-6,12-15H2,1-3H3;2*7-11H,4-6,12-13H2,1-3H3;2*4-8H,9-10H2,1-3H3;3*1-2H3;4*2H,1H3/q7*+1;;;;;;;. The zero-order chi connectivity index (χ0) is 111. The van der Waals surface area contributed by atoms with Gasteiger partial charge in [0.2, 0.25) is 0 Å². The minimum atomic E-state index is -0.246. The van der Waals surface area contributed by atoms with E-state index < -0.39 is 0 Å². The van der Waals surface area contributed by atoms with E-state index in [1.54, 1.807) is 128 Å². The second-order valence-corrected chi connectivity index (χ2v) is 35.6. The molecule has 0 aliphatic rings. The topological polar surface area (TPSA) is 293 Å². The lowest BCUT2D eigenvalue weighted by atomic mass is 10.2. The molecule has 0 aliphatic heterocycles. The summed E-state index contributed by atoms with van der Waals surface area (Å²) in [5.74, 6) is -1.58. The monoisotopic (exact) mass is 2030 g/mol. The fourth-order valence-electron chi connectivity index (χ4n) is 14.7.